The highest BCUT2D eigenvalue weighted by Crippen LogP contribution is 2.46. The molecule has 2 aromatic rings. The third-order valence-electron chi connectivity index (χ3n) is 4.69. The fourth-order valence-electron chi connectivity index (χ4n) is 2.95. The maximum absolute atomic E-state index is 13.1. The van der Waals surface area contributed by atoms with Crippen LogP contribution in [0.25, 0.3) is 0 Å². The molecule has 0 radical (unpaired) electrons. The highest BCUT2D eigenvalue weighted by molar-refractivity contribution is 8.00. The number of hydrogen-bond donors (Lipinski definition) is 1. The van der Waals surface area contributed by atoms with Crippen molar-refractivity contribution in [2.45, 2.75) is 61.1 Å². The first kappa shape index (κ1) is 18.3. The molecule has 0 aliphatic heterocycles. The molecule has 1 heterocycles. The van der Waals surface area contributed by atoms with Crippen LogP contribution in [-0.4, -0.2) is 25.9 Å². The first-order valence-corrected chi connectivity index (χ1v) is 9.81. The van der Waals surface area contributed by atoms with Gasteiger partial charge in [0.05, 0.1) is 16.5 Å². The zero-order chi connectivity index (χ0) is 19.2. The van der Waals surface area contributed by atoms with Crippen molar-refractivity contribution in [3.63, 3.8) is 0 Å². The lowest BCUT2D eigenvalue weighted by molar-refractivity contribution is -0.137. The van der Waals surface area contributed by atoms with Gasteiger partial charge in [-0.25, -0.2) is 0 Å². The molecule has 1 amide bonds. The smallest absolute Gasteiger partial charge is 0.325 e. The number of carbonyl (C=O) groups excluding carboxylic acids is 1. The fraction of sp³-hybridized carbons (Fsp3) is 0.500. The van der Waals surface area contributed by atoms with E-state index in [-0.39, 0.29) is 5.69 Å². The van der Waals surface area contributed by atoms with E-state index in [9.17, 15) is 18.0 Å². The molecular formula is C18H19F3N4OS. The Balaban J connectivity index is 1.48. The van der Waals surface area contributed by atoms with Crippen LogP contribution >= 0.6 is 11.8 Å². The minimum Gasteiger partial charge on any atom is -0.325 e. The Kier molecular flexibility index (Phi) is 4.65. The van der Waals surface area contributed by atoms with E-state index < -0.39 is 22.9 Å². The monoisotopic (exact) mass is 396 g/mol. The number of benzene rings is 1. The molecule has 1 aromatic heterocycles. The Bertz CT molecular complexity index is 859. The maximum atomic E-state index is 13.1. The molecule has 9 heteroatoms. The van der Waals surface area contributed by atoms with Crippen LogP contribution in [0.1, 0.15) is 56.0 Å². The SMILES string of the molecule is C[C@H](Sc1nnc(C2CC2)n1C1CC1)C(=O)Nc1ccccc1C(F)(F)F. The Morgan fingerprint density at radius 1 is 1.22 bits per heavy atom. The molecule has 5 nitrogen and oxygen atoms in total. The fourth-order valence-corrected chi connectivity index (χ4v) is 3.88. The van der Waals surface area contributed by atoms with Gasteiger partial charge in [0.1, 0.15) is 5.82 Å². The van der Waals surface area contributed by atoms with Gasteiger partial charge in [0.25, 0.3) is 0 Å². The second-order valence-corrected chi connectivity index (χ2v) is 8.32. The second-order valence-electron chi connectivity index (χ2n) is 7.01. The quantitative estimate of drug-likeness (QED) is 0.724. The van der Waals surface area contributed by atoms with E-state index in [1.807, 2.05) is 0 Å². The molecule has 2 fully saturated rings. The molecule has 1 atom stereocenters. The standard InChI is InChI=1S/C18H19F3N4OS/c1-10(16(26)22-14-5-3-2-4-13(14)18(19,20)21)27-17-24-23-15(11-6-7-11)25(17)12-8-9-12/h2-5,10-12H,6-9H2,1H3,(H,22,26)/t10-/m0/s1. The molecule has 2 aliphatic rings. The molecule has 4 rings (SSSR count). The van der Waals surface area contributed by atoms with E-state index in [0.29, 0.717) is 17.1 Å². The van der Waals surface area contributed by atoms with Crippen molar-refractivity contribution < 1.29 is 18.0 Å². The normalized spacial score (nSPS) is 18.4. The molecule has 0 spiro atoms. The van der Waals surface area contributed by atoms with Gasteiger partial charge in [-0.05, 0) is 44.7 Å². The number of thioether (sulfide) groups is 1. The first-order chi connectivity index (χ1) is 12.8. The van der Waals surface area contributed by atoms with Crippen LogP contribution in [0, 0.1) is 0 Å². The number of anilines is 1. The second kappa shape index (κ2) is 6.85. The van der Waals surface area contributed by atoms with Crippen molar-refractivity contribution in [3.05, 3.63) is 35.7 Å². The molecule has 0 saturated heterocycles. The van der Waals surface area contributed by atoms with Gasteiger partial charge in [-0.15, -0.1) is 10.2 Å². The number of aromatic nitrogens is 3. The summed E-state index contributed by atoms with van der Waals surface area (Å²) >= 11 is 1.24. The van der Waals surface area contributed by atoms with Crippen LogP contribution in [0.4, 0.5) is 18.9 Å². The van der Waals surface area contributed by atoms with Gasteiger partial charge in [0.2, 0.25) is 5.91 Å². The number of nitrogens with one attached hydrogen (secondary N) is 1. The number of hydrogen-bond acceptors (Lipinski definition) is 4. The third kappa shape index (κ3) is 3.97. The zero-order valence-corrected chi connectivity index (χ0v) is 15.5. The minimum absolute atomic E-state index is 0.232. The van der Waals surface area contributed by atoms with E-state index in [1.165, 1.54) is 30.0 Å². The van der Waals surface area contributed by atoms with Crippen molar-refractivity contribution >= 4 is 23.4 Å². The Labute approximate surface area is 158 Å². The van der Waals surface area contributed by atoms with Crippen molar-refractivity contribution in [3.8, 4) is 0 Å². The van der Waals surface area contributed by atoms with Crippen LogP contribution in [0.2, 0.25) is 0 Å². The predicted molar refractivity (Wildman–Crippen MR) is 95.7 cm³/mol. The maximum Gasteiger partial charge on any atom is 0.418 e. The summed E-state index contributed by atoms with van der Waals surface area (Å²) in [6.07, 6.45) is -0.152. The van der Waals surface area contributed by atoms with Gasteiger partial charge in [-0.1, -0.05) is 23.9 Å². The molecule has 27 heavy (non-hydrogen) atoms. The van der Waals surface area contributed by atoms with Gasteiger partial charge >= 0.3 is 6.18 Å². The number of para-hydroxylation sites is 1. The van der Waals surface area contributed by atoms with E-state index in [0.717, 1.165) is 37.6 Å². The van der Waals surface area contributed by atoms with Gasteiger partial charge in [0, 0.05) is 12.0 Å². The molecule has 1 N–H and O–H groups in total. The van der Waals surface area contributed by atoms with Crippen molar-refractivity contribution in [2.24, 2.45) is 0 Å². The third-order valence-corrected chi connectivity index (χ3v) is 5.74. The Morgan fingerprint density at radius 3 is 2.56 bits per heavy atom. The summed E-state index contributed by atoms with van der Waals surface area (Å²) in [6, 6.07) is 5.37. The highest BCUT2D eigenvalue weighted by atomic mass is 32.2. The average molecular weight is 396 g/mol. The van der Waals surface area contributed by atoms with Gasteiger partial charge in [-0.2, -0.15) is 13.2 Å². The first-order valence-electron chi connectivity index (χ1n) is 8.93. The van der Waals surface area contributed by atoms with E-state index in [1.54, 1.807) is 6.92 Å². The molecule has 0 bridgehead atoms. The Morgan fingerprint density at radius 2 is 1.93 bits per heavy atom. The number of rotatable bonds is 6. The van der Waals surface area contributed by atoms with Crippen LogP contribution in [0.5, 0.6) is 0 Å². The molecule has 1 aromatic carbocycles. The lowest BCUT2D eigenvalue weighted by Gasteiger charge is -2.16. The number of nitrogens with zero attached hydrogens (tertiary/aromatic N) is 3. The summed E-state index contributed by atoms with van der Waals surface area (Å²) in [6.45, 7) is 1.67. The van der Waals surface area contributed by atoms with Crippen LogP contribution < -0.4 is 5.32 Å². The molecule has 144 valence electrons. The summed E-state index contributed by atoms with van der Waals surface area (Å²) in [5.41, 5.74) is -1.09. The predicted octanol–water partition coefficient (Wildman–Crippen LogP) is 4.63. The van der Waals surface area contributed by atoms with Crippen molar-refractivity contribution in [1.29, 1.82) is 0 Å². The Hall–Kier alpha value is -2.03. The summed E-state index contributed by atoms with van der Waals surface area (Å²) in [5, 5.41) is 11.0. The van der Waals surface area contributed by atoms with Crippen LogP contribution in [-0.2, 0) is 11.0 Å². The summed E-state index contributed by atoms with van der Waals surface area (Å²) < 4.78 is 41.4. The van der Waals surface area contributed by atoms with E-state index >= 15 is 0 Å². The summed E-state index contributed by atoms with van der Waals surface area (Å²) in [7, 11) is 0. The lowest BCUT2D eigenvalue weighted by atomic mass is 10.1. The number of amides is 1. The number of carbonyl (C=O) groups is 1. The zero-order valence-electron chi connectivity index (χ0n) is 14.7. The van der Waals surface area contributed by atoms with Crippen LogP contribution in [0.3, 0.4) is 0 Å². The van der Waals surface area contributed by atoms with E-state index in [4.69, 9.17) is 0 Å². The largest absolute Gasteiger partial charge is 0.418 e. The van der Waals surface area contributed by atoms with Crippen molar-refractivity contribution in [2.75, 3.05) is 5.32 Å². The number of alkyl halides is 3. The molecule has 0 unspecified atom stereocenters. The highest BCUT2D eigenvalue weighted by Gasteiger charge is 2.37. The molecular weight excluding hydrogens is 377 g/mol. The van der Waals surface area contributed by atoms with E-state index in [2.05, 4.69) is 20.1 Å². The molecule has 2 aliphatic carbocycles. The van der Waals surface area contributed by atoms with Gasteiger partial charge in [0.15, 0.2) is 5.16 Å². The van der Waals surface area contributed by atoms with Crippen LogP contribution in [0.15, 0.2) is 29.4 Å². The summed E-state index contributed by atoms with van der Waals surface area (Å²) in [4.78, 5) is 12.5. The minimum atomic E-state index is -4.52. The summed E-state index contributed by atoms with van der Waals surface area (Å²) in [5.74, 6) is 0.945. The molecule has 2 saturated carbocycles. The lowest BCUT2D eigenvalue weighted by Crippen LogP contribution is -2.24. The average Bonchev–Trinajstić information content (AvgIpc) is 3.53. The van der Waals surface area contributed by atoms with Crippen molar-refractivity contribution in [1.82, 2.24) is 14.8 Å². The number of halogens is 3. The van der Waals surface area contributed by atoms with Gasteiger partial charge < -0.3 is 9.88 Å². The van der Waals surface area contributed by atoms with Gasteiger partial charge in [-0.3, -0.25) is 4.79 Å². The topological polar surface area (TPSA) is 59.8 Å².